The molecule has 0 aliphatic carbocycles. The van der Waals surface area contributed by atoms with E-state index in [2.05, 4.69) is 12.2 Å². The highest BCUT2D eigenvalue weighted by molar-refractivity contribution is 6.32. The molecule has 20 heavy (non-hydrogen) atoms. The molecule has 0 saturated heterocycles. The first-order chi connectivity index (χ1) is 9.61. The SMILES string of the molecule is COc1cccc([C@@H](C)NCc2cccc(Cl)c2O)c1. The molecule has 2 N–H and O–H groups in total. The summed E-state index contributed by atoms with van der Waals surface area (Å²) < 4.78 is 5.22. The van der Waals surface area contributed by atoms with Crippen molar-refractivity contribution in [2.75, 3.05) is 7.11 Å². The summed E-state index contributed by atoms with van der Waals surface area (Å²) in [7, 11) is 1.65. The van der Waals surface area contributed by atoms with Gasteiger partial charge >= 0.3 is 0 Å². The number of ether oxygens (including phenoxy) is 1. The average molecular weight is 292 g/mol. The molecule has 0 saturated carbocycles. The van der Waals surface area contributed by atoms with Crippen LogP contribution in [0.4, 0.5) is 0 Å². The minimum Gasteiger partial charge on any atom is -0.506 e. The highest BCUT2D eigenvalue weighted by Crippen LogP contribution is 2.27. The Kier molecular flexibility index (Phi) is 4.88. The first-order valence-electron chi connectivity index (χ1n) is 6.45. The molecule has 0 aliphatic rings. The largest absolute Gasteiger partial charge is 0.506 e. The molecule has 2 aromatic rings. The summed E-state index contributed by atoms with van der Waals surface area (Å²) in [5.74, 6) is 0.973. The van der Waals surface area contributed by atoms with E-state index in [9.17, 15) is 5.11 Å². The van der Waals surface area contributed by atoms with Crippen molar-refractivity contribution in [3.63, 3.8) is 0 Å². The second-order valence-corrected chi connectivity index (χ2v) is 5.03. The minimum atomic E-state index is 0.138. The first kappa shape index (κ1) is 14.7. The molecular formula is C16H18ClNO2. The maximum atomic E-state index is 9.87. The number of phenols is 1. The molecule has 2 aromatic carbocycles. The second kappa shape index (κ2) is 6.64. The van der Waals surface area contributed by atoms with E-state index in [4.69, 9.17) is 16.3 Å². The van der Waals surface area contributed by atoms with Crippen molar-refractivity contribution in [3.05, 3.63) is 58.6 Å². The Bertz CT molecular complexity index is 586. The Balaban J connectivity index is 2.04. The van der Waals surface area contributed by atoms with E-state index in [1.165, 1.54) is 0 Å². The molecule has 0 bridgehead atoms. The van der Waals surface area contributed by atoms with Gasteiger partial charge in [0.05, 0.1) is 12.1 Å². The lowest BCUT2D eigenvalue weighted by atomic mass is 10.1. The normalized spacial score (nSPS) is 12.2. The molecule has 0 amide bonds. The number of methoxy groups -OCH3 is 1. The van der Waals surface area contributed by atoms with E-state index in [0.29, 0.717) is 11.6 Å². The van der Waals surface area contributed by atoms with E-state index in [1.807, 2.05) is 36.4 Å². The van der Waals surface area contributed by atoms with Gasteiger partial charge in [-0.3, -0.25) is 0 Å². The zero-order valence-corrected chi connectivity index (χ0v) is 12.3. The van der Waals surface area contributed by atoms with Crippen LogP contribution in [0.2, 0.25) is 5.02 Å². The molecule has 2 rings (SSSR count). The van der Waals surface area contributed by atoms with Gasteiger partial charge in [-0.25, -0.2) is 0 Å². The molecule has 0 aliphatic heterocycles. The number of phenolic OH excluding ortho intramolecular Hbond substituents is 1. The molecular weight excluding hydrogens is 274 g/mol. The Labute approximate surface area is 124 Å². The fraction of sp³-hybridized carbons (Fsp3) is 0.250. The van der Waals surface area contributed by atoms with E-state index in [-0.39, 0.29) is 11.8 Å². The maximum absolute atomic E-state index is 9.87. The van der Waals surface area contributed by atoms with E-state index in [0.717, 1.165) is 16.9 Å². The van der Waals surface area contributed by atoms with Crippen molar-refractivity contribution in [1.29, 1.82) is 0 Å². The fourth-order valence-electron chi connectivity index (χ4n) is 1.99. The Morgan fingerprint density at radius 1 is 1.25 bits per heavy atom. The van der Waals surface area contributed by atoms with Crippen molar-refractivity contribution in [3.8, 4) is 11.5 Å². The summed E-state index contributed by atoms with van der Waals surface area (Å²) >= 11 is 5.89. The second-order valence-electron chi connectivity index (χ2n) is 4.63. The Morgan fingerprint density at radius 2 is 2.00 bits per heavy atom. The van der Waals surface area contributed by atoms with Gasteiger partial charge in [-0.05, 0) is 30.7 Å². The van der Waals surface area contributed by atoms with Crippen molar-refractivity contribution in [1.82, 2.24) is 5.32 Å². The summed E-state index contributed by atoms with van der Waals surface area (Å²) in [4.78, 5) is 0. The van der Waals surface area contributed by atoms with Gasteiger partial charge in [-0.2, -0.15) is 0 Å². The van der Waals surface area contributed by atoms with Gasteiger partial charge in [0.2, 0.25) is 0 Å². The van der Waals surface area contributed by atoms with Crippen molar-refractivity contribution in [2.24, 2.45) is 0 Å². The monoisotopic (exact) mass is 291 g/mol. The summed E-state index contributed by atoms with van der Waals surface area (Å²) in [5.41, 5.74) is 1.91. The van der Waals surface area contributed by atoms with Gasteiger partial charge in [0, 0.05) is 18.2 Å². The molecule has 0 unspecified atom stereocenters. The van der Waals surface area contributed by atoms with Gasteiger partial charge < -0.3 is 15.2 Å². The minimum absolute atomic E-state index is 0.138. The number of aromatic hydroxyl groups is 1. The van der Waals surface area contributed by atoms with Crippen molar-refractivity contribution < 1.29 is 9.84 Å². The number of para-hydroxylation sites is 1. The van der Waals surface area contributed by atoms with Gasteiger partial charge in [0.15, 0.2) is 0 Å². The highest BCUT2D eigenvalue weighted by atomic mass is 35.5. The number of hydrogen-bond donors (Lipinski definition) is 2. The lowest BCUT2D eigenvalue weighted by Gasteiger charge is -2.16. The van der Waals surface area contributed by atoms with Crippen LogP contribution in [0.1, 0.15) is 24.1 Å². The Morgan fingerprint density at radius 3 is 2.75 bits per heavy atom. The summed E-state index contributed by atoms with van der Waals surface area (Å²) in [6.45, 7) is 2.61. The quantitative estimate of drug-likeness (QED) is 0.878. The van der Waals surface area contributed by atoms with Gasteiger partial charge in [-0.15, -0.1) is 0 Å². The highest BCUT2D eigenvalue weighted by Gasteiger charge is 2.09. The first-order valence-corrected chi connectivity index (χ1v) is 6.83. The number of benzene rings is 2. The number of rotatable bonds is 5. The molecule has 0 heterocycles. The van der Waals surface area contributed by atoms with Crippen LogP contribution in [0.25, 0.3) is 0 Å². The van der Waals surface area contributed by atoms with Crippen LogP contribution < -0.4 is 10.1 Å². The van der Waals surface area contributed by atoms with Crippen molar-refractivity contribution in [2.45, 2.75) is 19.5 Å². The summed E-state index contributed by atoms with van der Waals surface area (Å²) in [6, 6.07) is 13.4. The molecule has 106 valence electrons. The molecule has 0 spiro atoms. The predicted octanol–water partition coefficient (Wildman–Crippen LogP) is 3.91. The van der Waals surface area contributed by atoms with E-state index in [1.54, 1.807) is 13.2 Å². The summed E-state index contributed by atoms with van der Waals surface area (Å²) in [5, 5.41) is 13.6. The molecule has 0 aromatic heterocycles. The molecule has 0 radical (unpaired) electrons. The third-order valence-corrected chi connectivity index (χ3v) is 3.57. The van der Waals surface area contributed by atoms with E-state index >= 15 is 0 Å². The lowest BCUT2D eigenvalue weighted by Crippen LogP contribution is -2.18. The third kappa shape index (κ3) is 3.44. The van der Waals surface area contributed by atoms with Crippen LogP contribution >= 0.6 is 11.6 Å². The van der Waals surface area contributed by atoms with Crippen LogP contribution in [0.3, 0.4) is 0 Å². The number of nitrogens with one attached hydrogen (secondary N) is 1. The summed E-state index contributed by atoms with van der Waals surface area (Å²) in [6.07, 6.45) is 0. The fourth-order valence-corrected chi connectivity index (χ4v) is 2.19. The molecule has 0 fully saturated rings. The van der Waals surface area contributed by atoms with Crippen LogP contribution in [0, 0.1) is 0 Å². The number of hydrogen-bond acceptors (Lipinski definition) is 3. The van der Waals surface area contributed by atoms with E-state index < -0.39 is 0 Å². The van der Waals surface area contributed by atoms with Crippen LogP contribution in [0.15, 0.2) is 42.5 Å². The standard InChI is InChI=1S/C16H18ClNO2/c1-11(12-5-3-7-14(9-12)20-2)18-10-13-6-4-8-15(17)16(13)19/h3-9,11,18-19H,10H2,1-2H3/t11-/m1/s1. The van der Waals surface area contributed by atoms with Crippen LogP contribution in [-0.4, -0.2) is 12.2 Å². The zero-order valence-electron chi connectivity index (χ0n) is 11.6. The van der Waals surface area contributed by atoms with Crippen LogP contribution in [0.5, 0.6) is 11.5 Å². The Hall–Kier alpha value is -1.71. The van der Waals surface area contributed by atoms with Crippen LogP contribution in [-0.2, 0) is 6.54 Å². The van der Waals surface area contributed by atoms with Gasteiger partial charge in [-0.1, -0.05) is 35.9 Å². The van der Waals surface area contributed by atoms with Gasteiger partial charge in [0.1, 0.15) is 11.5 Å². The maximum Gasteiger partial charge on any atom is 0.138 e. The van der Waals surface area contributed by atoms with Crippen molar-refractivity contribution >= 4 is 11.6 Å². The topological polar surface area (TPSA) is 41.5 Å². The molecule has 4 heteroatoms. The lowest BCUT2D eigenvalue weighted by molar-refractivity contribution is 0.413. The third-order valence-electron chi connectivity index (χ3n) is 3.26. The molecule has 3 nitrogen and oxygen atoms in total. The molecule has 1 atom stereocenters. The smallest absolute Gasteiger partial charge is 0.138 e. The zero-order chi connectivity index (χ0) is 14.5. The average Bonchev–Trinajstić information content (AvgIpc) is 2.48. The van der Waals surface area contributed by atoms with Gasteiger partial charge in [0.25, 0.3) is 0 Å². The number of halogens is 1. The predicted molar refractivity (Wildman–Crippen MR) is 81.4 cm³/mol.